The molecule has 132 valence electrons. The summed E-state index contributed by atoms with van der Waals surface area (Å²) in [6, 6.07) is 0. The fourth-order valence-corrected chi connectivity index (χ4v) is 2.74. The minimum atomic E-state index is 0. The number of aromatic nitrogens is 1. The largest absolute Gasteiger partial charge is 0.379 e. The molecule has 8 heteroatoms. The highest BCUT2D eigenvalue weighted by Gasteiger charge is 2.21. The molecule has 0 bridgehead atoms. The van der Waals surface area contributed by atoms with Crippen molar-refractivity contribution in [3.05, 3.63) is 11.1 Å². The first-order valence-corrected chi connectivity index (χ1v) is 8.59. The number of ether oxygens (including phenoxy) is 1. The van der Waals surface area contributed by atoms with Gasteiger partial charge in [0.2, 0.25) is 0 Å². The number of halogens is 1. The molecule has 0 aromatic carbocycles. The van der Waals surface area contributed by atoms with Crippen molar-refractivity contribution in [1.29, 1.82) is 0 Å². The van der Waals surface area contributed by atoms with E-state index in [9.17, 15) is 0 Å². The summed E-state index contributed by atoms with van der Waals surface area (Å²) < 4.78 is 5.67. The lowest BCUT2D eigenvalue weighted by molar-refractivity contribution is 0.115. The van der Waals surface area contributed by atoms with Crippen molar-refractivity contribution >= 4 is 46.4 Å². The summed E-state index contributed by atoms with van der Waals surface area (Å²) in [6.45, 7) is 3.18. The lowest BCUT2D eigenvalue weighted by Crippen LogP contribution is -2.40. The Morgan fingerprint density at radius 2 is 2.17 bits per heavy atom. The molecular weight excluding hydrogens is 425 g/mol. The molecule has 0 amide bonds. The van der Waals surface area contributed by atoms with Gasteiger partial charge in [-0.25, -0.2) is 4.98 Å². The number of aliphatic imine (C=N–C) groups is 1. The lowest BCUT2D eigenvalue weighted by Gasteiger charge is -2.21. The number of rotatable bonds is 8. The van der Waals surface area contributed by atoms with Crippen molar-refractivity contribution in [3.63, 3.8) is 0 Å². The summed E-state index contributed by atoms with van der Waals surface area (Å²) in [4.78, 5) is 13.0. The van der Waals surface area contributed by atoms with Gasteiger partial charge in [-0.15, -0.1) is 35.3 Å². The zero-order valence-electron chi connectivity index (χ0n) is 14.4. The number of hydrogen-bond donors (Lipinski definition) is 1. The minimum absolute atomic E-state index is 0. The molecule has 1 heterocycles. The first-order chi connectivity index (χ1) is 10.6. The molecule has 1 N–H and O–H groups in total. The van der Waals surface area contributed by atoms with Gasteiger partial charge in [-0.05, 0) is 18.8 Å². The predicted molar refractivity (Wildman–Crippen MR) is 108 cm³/mol. The molecule has 1 aliphatic carbocycles. The standard InChI is InChI=1S/C15H27N5OS.HI/c1-16-14(20(4)7-8-21-10-12-5-6-12)17-9-13-11-22-15(18-13)19(2)3;/h11-12H,5-10H2,1-4H3,(H,16,17);1H. The molecule has 0 spiro atoms. The molecule has 1 aromatic rings. The lowest BCUT2D eigenvalue weighted by atomic mass is 10.4. The third kappa shape index (κ3) is 7.21. The normalized spacial score (nSPS) is 14.3. The van der Waals surface area contributed by atoms with Crippen LogP contribution in [0.4, 0.5) is 5.13 Å². The second kappa shape index (κ2) is 10.3. The Kier molecular flexibility index (Phi) is 9.15. The Balaban J connectivity index is 0.00000264. The van der Waals surface area contributed by atoms with Crippen LogP contribution >= 0.6 is 35.3 Å². The first-order valence-electron chi connectivity index (χ1n) is 7.71. The van der Waals surface area contributed by atoms with Crippen LogP contribution in [-0.2, 0) is 11.3 Å². The highest BCUT2D eigenvalue weighted by Crippen LogP contribution is 2.28. The average molecular weight is 453 g/mol. The van der Waals surface area contributed by atoms with Gasteiger partial charge in [0.1, 0.15) is 0 Å². The van der Waals surface area contributed by atoms with Crippen molar-refractivity contribution in [2.75, 3.05) is 52.8 Å². The topological polar surface area (TPSA) is 53.0 Å². The molecule has 1 aromatic heterocycles. The van der Waals surface area contributed by atoms with Gasteiger partial charge in [0, 0.05) is 46.7 Å². The Morgan fingerprint density at radius 3 is 2.74 bits per heavy atom. The number of guanidine groups is 1. The van der Waals surface area contributed by atoms with Gasteiger partial charge < -0.3 is 19.9 Å². The van der Waals surface area contributed by atoms with Gasteiger partial charge in [-0.1, -0.05) is 0 Å². The quantitative estimate of drug-likeness (QED) is 0.283. The van der Waals surface area contributed by atoms with E-state index in [1.54, 1.807) is 18.4 Å². The molecule has 0 unspecified atom stereocenters. The van der Waals surface area contributed by atoms with E-state index in [0.717, 1.165) is 42.5 Å². The van der Waals surface area contributed by atoms with Crippen LogP contribution in [0.2, 0.25) is 0 Å². The molecule has 0 atom stereocenters. The third-order valence-corrected chi connectivity index (χ3v) is 4.60. The van der Waals surface area contributed by atoms with Crippen LogP contribution in [0.15, 0.2) is 10.4 Å². The van der Waals surface area contributed by atoms with Crippen LogP contribution < -0.4 is 10.2 Å². The maximum absolute atomic E-state index is 5.67. The van der Waals surface area contributed by atoms with E-state index in [-0.39, 0.29) is 24.0 Å². The van der Waals surface area contributed by atoms with Gasteiger partial charge in [0.05, 0.1) is 18.8 Å². The van der Waals surface area contributed by atoms with Crippen LogP contribution in [0.25, 0.3) is 0 Å². The van der Waals surface area contributed by atoms with Gasteiger partial charge in [-0.2, -0.15) is 0 Å². The summed E-state index contributed by atoms with van der Waals surface area (Å²) in [5, 5.41) is 6.45. The van der Waals surface area contributed by atoms with Crippen molar-refractivity contribution < 1.29 is 4.74 Å². The molecule has 0 radical (unpaired) electrons. The predicted octanol–water partition coefficient (Wildman–Crippen LogP) is 2.26. The zero-order chi connectivity index (χ0) is 15.9. The Morgan fingerprint density at radius 1 is 1.43 bits per heavy atom. The average Bonchev–Trinajstić information content (AvgIpc) is 3.19. The summed E-state index contributed by atoms with van der Waals surface area (Å²) in [6.07, 6.45) is 2.67. The van der Waals surface area contributed by atoms with Crippen molar-refractivity contribution in [2.45, 2.75) is 19.4 Å². The fraction of sp³-hybridized carbons (Fsp3) is 0.733. The highest BCUT2D eigenvalue weighted by atomic mass is 127. The molecule has 23 heavy (non-hydrogen) atoms. The maximum atomic E-state index is 5.67. The fourth-order valence-electron chi connectivity index (χ4n) is 1.98. The molecule has 1 aliphatic rings. The Hall–Kier alpha value is -0.610. The molecular formula is C15H28IN5OS. The number of hydrogen-bond acceptors (Lipinski definition) is 5. The summed E-state index contributed by atoms with van der Waals surface area (Å²) in [7, 11) is 7.84. The first kappa shape index (κ1) is 20.4. The van der Waals surface area contributed by atoms with Crippen LogP contribution in [0, 0.1) is 5.92 Å². The van der Waals surface area contributed by atoms with Crippen LogP contribution in [0.1, 0.15) is 18.5 Å². The molecule has 2 rings (SSSR count). The van der Waals surface area contributed by atoms with E-state index >= 15 is 0 Å². The number of anilines is 1. The molecule has 0 saturated heterocycles. The van der Waals surface area contributed by atoms with Crippen LogP contribution in [0.3, 0.4) is 0 Å². The smallest absolute Gasteiger partial charge is 0.193 e. The Bertz CT molecular complexity index is 490. The van der Waals surface area contributed by atoms with E-state index in [1.165, 1.54) is 12.8 Å². The number of nitrogens with one attached hydrogen (secondary N) is 1. The SMILES string of the molecule is CN=C(NCc1csc(N(C)C)n1)N(C)CCOCC1CC1.I. The third-order valence-electron chi connectivity index (χ3n) is 3.54. The highest BCUT2D eigenvalue weighted by molar-refractivity contribution is 14.0. The Labute approximate surface area is 160 Å². The van der Waals surface area contributed by atoms with Crippen molar-refractivity contribution in [3.8, 4) is 0 Å². The molecule has 6 nitrogen and oxygen atoms in total. The number of nitrogens with zero attached hydrogens (tertiary/aromatic N) is 4. The molecule has 1 saturated carbocycles. The minimum Gasteiger partial charge on any atom is -0.379 e. The molecule has 1 fully saturated rings. The van der Waals surface area contributed by atoms with Crippen LogP contribution in [0.5, 0.6) is 0 Å². The second-order valence-corrected chi connectivity index (χ2v) is 6.69. The number of thiazole rings is 1. The molecule has 0 aliphatic heterocycles. The van der Waals surface area contributed by atoms with E-state index in [1.807, 2.05) is 26.0 Å². The number of likely N-dealkylation sites (N-methyl/N-ethyl adjacent to an activating group) is 1. The van der Waals surface area contributed by atoms with Crippen molar-refractivity contribution in [2.24, 2.45) is 10.9 Å². The second-order valence-electron chi connectivity index (χ2n) is 5.86. The van der Waals surface area contributed by atoms with E-state index in [0.29, 0.717) is 6.54 Å². The van der Waals surface area contributed by atoms with Gasteiger partial charge in [0.15, 0.2) is 11.1 Å². The summed E-state index contributed by atoms with van der Waals surface area (Å²) in [5.74, 6) is 1.69. The monoisotopic (exact) mass is 453 g/mol. The van der Waals surface area contributed by atoms with E-state index in [2.05, 4.69) is 25.6 Å². The van der Waals surface area contributed by atoms with Crippen LogP contribution in [-0.4, -0.2) is 63.8 Å². The summed E-state index contributed by atoms with van der Waals surface area (Å²) in [5.41, 5.74) is 1.04. The van der Waals surface area contributed by atoms with Gasteiger partial charge in [-0.3, -0.25) is 4.99 Å². The summed E-state index contributed by atoms with van der Waals surface area (Å²) >= 11 is 1.65. The maximum Gasteiger partial charge on any atom is 0.193 e. The zero-order valence-corrected chi connectivity index (χ0v) is 17.6. The van der Waals surface area contributed by atoms with Gasteiger partial charge in [0.25, 0.3) is 0 Å². The van der Waals surface area contributed by atoms with Crippen molar-refractivity contribution in [1.82, 2.24) is 15.2 Å². The van der Waals surface area contributed by atoms with E-state index < -0.39 is 0 Å². The van der Waals surface area contributed by atoms with E-state index in [4.69, 9.17) is 4.74 Å². The van der Waals surface area contributed by atoms with Gasteiger partial charge >= 0.3 is 0 Å².